The van der Waals surface area contributed by atoms with Crippen LogP contribution in [-0.4, -0.2) is 8.07 Å². The van der Waals surface area contributed by atoms with Crippen molar-refractivity contribution in [3.05, 3.63) is 179 Å². The number of benzene rings is 9. The molecule has 0 saturated heterocycles. The minimum atomic E-state index is -2.00. The molecule has 9 aromatic carbocycles. The molecule has 0 fully saturated rings. The lowest BCUT2D eigenvalue weighted by molar-refractivity contribution is 1.60. The minimum absolute atomic E-state index is 1.10. The molecule has 0 atom stereocenters. The van der Waals surface area contributed by atoms with E-state index in [1.807, 2.05) is 11.3 Å². The molecule has 1 aromatic heterocycles. The zero-order valence-corrected chi connectivity index (χ0v) is 33.0. The van der Waals surface area contributed by atoms with Gasteiger partial charge in [0.2, 0.25) is 0 Å². The molecule has 260 valence electrons. The van der Waals surface area contributed by atoms with Gasteiger partial charge in [-0.1, -0.05) is 177 Å². The predicted octanol–water partition coefficient (Wildman–Crippen LogP) is 13.1. The third-order valence-electron chi connectivity index (χ3n) is 12.6. The highest BCUT2D eigenvalue weighted by Crippen LogP contribution is 2.48. The lowest BCUT2D eigenvalue weighted by Crippen LogP contribution is -2.40. The number of thiophene rings is 1. The Morgan fingerprint density at radius 1 is 0.491 bits per heavy atom. The van der Waals surface area contributed by atoms with Crippen molar-refractivity contribution in [2.45, 2.75) is 20.0 Å². The number of rotatable bonds is 3. The van der Waals surface area contributed by atoms with E-state index < -0.39 is 8.07 Å². The van der Waals surface area contributed by atoms with E-state index in [9.17, 15) is 0 Å². The van der Waals surface area contributed by atoms with Crippen molar-refractivity contribution >= 4 is 106 Å². The van der Waals surface area contributed by atoms with Crippen LogP contribution in [0.4, 0.5) is 0 Å². The van der Waals surface area contributed by atoms with Crippen LogP contribution >= 0.6 is 11.3 Å². The Labute approximate surface area is 325 Å². The Bertz CT molecular complexity index is 3380. The van der Waals surface area contributed by atoms with Gasteiger partial charge in [-0.25, -0.2) is 0 Å². The summed E-state index contributed by atoms with van der Waals surface area (Å²) in [4.78, 5) is 0. The summed E-state index contributed by atoms with van der Waals surface area (Å²) in [5, 5.41) is 18.3. The molecule has 0 unspecified atom stereocenters. The molecular formula is C53H38SSi. The molecule has 10 aromatic rings. The highest BCUT2D eigenvalue weighted by Gasteiger charge is 2.37. The van der Waals surface area contributed by atoms with Gasteiger partial charge in [-0.05, 0) is 106 Å². The molecule has 0 bridgehead atoms. The third kappa shape index (κ3) is 4.62. The maximum Gasteiger partial charge on any atom is 0.108 e. The topological polar surface area (TPSA) is 0 Å². The van der Waals surface area contributed by atoms with Gasteiger partial charge in [-0.2, -0.15) is 0 Å². The Hall–Kier alpha value is -6.06. The number of hydrogen-bond donors (Lipinski definition) is 0. The first-order chi connectivity index (χ1) is 26.9. The van der Waals surface area contributed by atoms with E-state index in [1.54, 1.807) is 0 Å². The van der Waals surface area contributed by atoms with Gasteiger partial charge in [0.15, 0.2) is 0 Å². The van der Waals surface area contributed by atoms with Gasteiger partial charge in [-0.3, -0.25) is 0 Å². The van der Waals surface area contributed by atoms with Crippen molar-refractivity contribution in [3.8, 4) is 22.3 Å². The standard InChI is InChI=1S/C53H38SSi/c1-32-35-16-5-6-17-36(35)37-18-7-8-19-38(37)47(32)31-48-33(2)55(3,4)50-30-34(28-29-40(48)50)51-41-21-9-11-23-43(41)52(44-24-12-10-22-42(44)51)46-26-15-25-45-39-20-13-14-27-49(39)54-53(45)46/h5-31H,1H2,2-4H3/b47-31+. The fourth-order valence-corrected chi connectivity index (χ4v) is 13.5. The predicted molar refractivity (Wildman–Crippen MR) is 246 cm³/mol. The van der Waals surface area contributed by atoms with Crippen molar-refractivity contribution in [3.63, 3.8) is 0 Å². The van der Waals surface area contributed by atoms with Crippen LogP contribution in [0.15, 0.2) is 163 Å². The number of allylic oxidation sites excluding steroid dienone is 2. The van der Waals surface area contributed by atoms with Crippen LogP contribution in [0.25, 0.3) is 104 Å². The van der Waals surface area contributed by atoms with E-state index in [-0.39, 0.29) is 0 Å². The molecule has 0 spiro atoms. The molecule has 0 saturated carbocycles. The number of hydrogen-bond acceptors (Lipinski definition) is 1. The molecule has 2 heteroatoms. The molecule has 2 heterocycles. The summed E-state index contributed by atoms with van der Waals surface area (Å²) in [5.41, 5.74) is 7.99. The summed E-state index contributed by atoms with van der Waals surface area (Å²) in [7, 11) is -2.00. The highest BCUT2D eigenvalue weighted by molar-refractivity contribution is 7.26. The quantitative estimate of drug-likeness (QED) is 0.0963. The first-order valence-corrected chi connectivity index (χ1v) is 23.0. The van der Waals surface area contributed by atoms with Crippen molar-refractivity contribution in [1.29, 1.82) is 0 Å². The third-order valence-corrected chi connectivity index (χ3v) is 17.7. The van der Waals surface area contributed by atoms with E-state index in [2.05, 4.69) is 190 Å². The fraction of sp³-hybridized carbons (Fsp3) is 0.0566. The molecule has 0 radical (unpaired) electrons. The average molecular weight is 735 g/mol. The first-order valence-electron chi connectivity index (χ1n) is 19.2. The lowest BCUT2D eigenvalue weighted by atomic mass is 9.85. The van der Waals surface area contributed by atoms with Crippen LogP contribution in [0.5, 0.6) is 0 Å². The zero-order chi connectivity index (χ0) is 37.0. The Morgan fingerprint density at radius 3 is 1.69 bits per heavy atom. The molecular weight excluding hydrogens is 697 g/mol. The Balaban J connectivity index is 1.15. The van der Waals surface area contributed by atoms with Gasteiger partial charge in [0.25, 0.3) is 0 Å². The lowest BCUT2D eigenvalue weighted by Gasteiger charge is -2.22. The SMILES string of the molecule is C=c1/c(=C\C2=C(C)[Si](C)(C)c3cc(-c4c5ccccc5c(-c5cccc6c5sc5ccccc56)c5ccccc45)ccc32)c2ccccc2c2ccccc12. The molecule has 11 rings (SSSR count). The van der Waals surface area contributed by atoms with Gasteiger partial charge >= 0.3 is 0 Å². The zero-order valence-electron chi connectivity index (χ0n) is 31.2. The van der Waals surface area contributed by atoms with Gasteiger partial charge in [0.1, 0.15) is 8.07 Å². The van der Waals surface area contributed by atoms with Gasteiger partial charge in [0.05, 0.1) is 0 Å². The van der Waals surface area contributed by atoms with Crippen molar-refractivity contribution < 1.29 is 0 Å². The van der Waals surface area contributed by atoms with Crippen LogP contribution in [0, 0.1) is 0 Å². The van der Waals surface area contributed by atoms with E-state index in [0.29, 0.717) is 0 Å². The molecule has 1 aliphatic heterocycles. The minimum Gasteiger partial charge on any atom is -0.135 e. The molecule has 1 aliphatic rings. The van der Waals surface area contributed by atoms with Crippen molar-refractivity contribution in [2.24, 2.45) is 0 Å². The van der Waals surface area contributed by atoms with E-state index in [4.69, 9.17) is 0 Å². The first kappa shape index (κ1) is 32.4. The summed E-state index contributed by atoms with van der Waals surface area (Å²) >= 11 is 1.91. The largest absolute Gasteiger partial charge is 0.135 e. The summed E-state index contributed by atoms with van der Waals surface area (Å²) in [6.07, 6.45) is 2.46. The summed E-state index contributed by atoms with van der Waals surface area (Å²) in [6.45, 7) is 12.1. The molecule has 0 N–H and O–H groups in total. The van der Waals surface area contributed by atoms with Gasteiger partial charge in [-0.15, -0.1) is 11.3 Å². The molecule has 55 heavy (non-hydrogen) atoms. The van der Waals surface area contributed by atoms with E-state index >= 15 is 0 Å². The molecule has 0 aliphatic carbocycles. The maximum atomic E-state index is 4.68. The summed E-state index contributed by atoms with van der Waals surface area (Å²) < 4.78 is 2.69. The van der Waals surface area contributed by atoms with Crippen LogP contribution in [0.2, 0.25) is 13.1 Å². The number of fused-ring (bicyclic) bond motifs is 9. The Kier molecular flexibility index (Phi) is 7.04. The average Bonchev–Trinajstić information content (AvgIpc) is 3.70. The van der Waals surface area contributed by atoms with Crippen LogP contribution < -0.4 is 15.6 Å². The molecule has 0 nitrogen and oxygen atoms in total. The van der Waals surface area contributed by atoms with Crippen molar-refractivity contribution in [2.75, 3.05) is 0 Å². The van der Waals surface area contributed by atoms with E-state index in [0.717, 1.165) is 5.22 Å². The van der Waals surface area contributed by atoms with Crippen molar-refractivity contribution in [1.82, 2.24) is 0 Å². The normalized spacial score (nSPS) is 14.3. The van der Waals surface area contributed by atoms with E-state index in [1.165, 1.54) is 112 Å². The van der Waals surface area contributed by atoms with Crippen LogP contribution in [-0.2, 0) is 0 Å². The second-order valence-corrected chi connectivity index (χ2v) is 21.3. The maximum absolute atomic E-state index is 4.68. The van der Waals surface area contributed by atoms with Gasteiger partial charge < -0.3 is 0 Å². The van der Waals surface area contributed by atoms with Crippen LogP contribution in [0.3, 0.4) is 0 Å². The summed E-state index contributed by atoms with van der Waals surface area (Å²) in [5.74, 6) is 0. The monoisotopic (exact) mass is 734 g/mol. The summed E-state index contributed by atoms with van der Waals surface area (Å²) in [6, 6.07) is 58.8. The smallest absolute Gasteiger partial charge is 0.108 e. The van der Waals surface area contributed by atoms with Gasteiger partial charge in [0, 0.05) is 25.7 Å². The second kappa shape index (κ2) is 12.0. The Morgan fingerprint density at radius 2 is 1.02 bits per heavy atom. The second-order valence-electron chi connectivity index (χ2n) is 15.7. The fourth-order valence-electron chi connectivity index (χ4n) is 9.60. The molecule has 0 amide bonds. The van der Waals surface area contributed by atoms with Crippen LogP contribution in [0.1, 0.15) is 12.5 Å². The highest BCUT2D eigenvalue weighted by atomic mass is 32.1.